The van der Waals surface area contributed by atoms with E-state index in [1.165, 1.54) is 17.2 Å². The Morgan fingerprint density at radius 2 is 2.15 bits per heavy atom. The van der Waals surface area contributed by atoms with Gasteiger partial charge in [-0.05, 0) is 5.57 Å². The van der Waals surface area contributed by atoms with Crippen LogP contribution in [-0.4, -0.2) is 48.6 Å². The summed E-state index contributed by atoms with van der Waals surface area (Å²) in [5, 5.41) is 19.1. The number of fused-ring (bicyclic) bond motifs is 1. The van der Waals surface area contributed by atoms with Crippen LogP contribution in [0.3, 0.4) is 0 Å². The molecule has 0 amide bonds. The maximum absolute atomic E-state index is 14.3. The second kappa shape index (κ2) is 4.50. The van der Waals surface area contributed by atoms with Crippen molar-refractivity contribution in [1.29, 1.82) is 0 Å². The molecule has 106 valence electrons. The zero-order valence-electron chi connectivity index (χ0n) is 10.5. The first kappa shape index (κ1) is 12.9. The van der Waals surface area contributed by atoms with E-state index in [0.29, 0.717) is 16.7 Å². The van der Waals surface area contributed by atoms with E-state index in [1.807, 2.05) is 0 Å². The lowest BCUT2D eigenvalue weighted by Crippen LogP contribution is -2.26. The highest BCUT2D eigenvalue weighted by atomic mass is 19.1. The summed E-state index contributed by atoms with van der Waals surface area (Å²) in [6, 6.07) is -0.832. The largest absolute Gasteiger partial charge is 0.396 e. The number of halogens is 1. The fraction of sp³-hybridized carbons (Fsp3) is 0.417. The van der Waals surface area contributed by atoms with Crippen molar-refractivity contribution in [2.24, 2.45) is 5.92 Å². The van der Waals surface area contributed by atoms with E-state index in [9.17, 15) is 14.6 Å². The molecular weight excluding hydrogens is 265 g/mol. The molecule has 1 aliphatic carbocycles. The number of anilines is 1. The zero-order valence-corrected chi connectivity index (χ0v) is 10.5. The Balaban J connectivity index is 2.12. The van der Waals surface area contributed by atoms with Crippen LogP contribution < -0.4 is 5.73 Å². The van der Waals surface area contributed by atoms with Crippen molar-refractivity contribution in [2.75, 3.05) is 12.3 Å². The predicted molar refractivity (Wildman–Crippen MR) is 69.4 cm³/mol. The molecular formula is C12H14FN5O2. The number of alkyl halides is 1. The molecule has 0 spiro atoms. The van der Waals surface area contributed by atoms with Crippen molar-refractivity contribution in [3.63, 3.8) is 0 Å². The van der Waals surface area contributed by atoms with Gasteiger partial charge in [0.15, 0.2) is 17.6 Å². The van der Waals surface area contributed by atoms with Crippen LogP contribution in [0.1, 0.15) is 6.04 Å². The number of aliphatic hydroxyl groups excluding tert-OH is 2. The number of aliphatic hydroxyl groups is 2. The van der Waals surface area contributed by atoms with Gasteiger partial charge in [0.05, 0.1) is 25.1 Å². The van der Waals surface area contributed by atoms with Crippen molar-refractivity contribution in [3.8, 4) is 0 Å². The Bertz CT molecular complexity index is 673. The van der Waals surface area contributed by atoms with Crippen molar-refractivity contribution >= 4 is 17.0 Å². The number of aromatic nitrogens is 4. The molecule has 0 bridgehead atoms. The lowest BCUT2D eigenvalue weighted by Gasteiger charge is -2.17. The van der Waals surface area contributed by atoms with Gasteiger partial charge >= 0.3 is 0 Å². The minimum atomic E-state index is -1.59. The average Bonchev–Trinajstić information content (AvgIpc) is 2.92. The van der Waals surface area contributed by atoms with Gasteiger partial charge in [-0.3, -0.25) is 0 Å². The molecule has 1 unspecified atom stereocenters. The quantitative estimate of drug-likeness (QED) is 0.658. The van der Waals surface area contributed by atoms with Crippen LogP contribution in [0.5, 0.6) is 0 Å². The van der Waals surface area contributed by atoms with Gasteiger partial charge in [0, 0.05) is 5.92 Å². The molecule has 0 aromatic carbocycles. The fourth-order valence-corrected chi connectivity index (χ4v) is 2.68. The van der Waals surface area contributed by atoms with E-state index in [1.54, 1.807) is 0 Å². The molecule has 8 heteroatoms. The molecule has 4 atom stereocenters. The number of hydrogen-bond donors (Lipinski definition) is 3. The monoisotopic (exact) mass is 279 g/mol. The Hall–Kier alpha value is -2.06. The standard InChI is InChI=1S/C12H14FN5O2/c1-5-6(2-19)10(20)7(13)9(5)18-4-17-8-11(14)15-3-16-12(8)18/h3-4,6-7,9-10,19-20H,1-2H2,(H2,14,15,16)/t6-,7?,9+,10+/m0/s1. The van der Waals surface area contributed by atoms with E-state index >= 15 is 0 Å². The highest BCUT2D eigenvalue weighted by molar-refractivity contribution is 5.81. The van der Waals surface area contributed by atoms with E-state index in [4.69, 9.17) is 5.73 Å². The van der Waals surface area contributed by atoms with Gasteiger partial charge in [-0.1, -0.05) is 6.58 Å². The average molecular weight is 279 g/mol. The summed E-state index contributed by atoms with van der Waals surface area (Å²) in [4.78, 5) is 11.9. The minimum absolute atomic E-state index is 0.201. The van der Waals surface area contributed by atoms with Crippen LogP contribution in [0.15, 0.2) is 24.8 Å². The summed E-state index contributed by atoms with van der Waals surface area (Å²) >= 11 is 0. The highest BCUT2D eigenvalue weighted by Crippen LogP contribution is 2.42. The van der Waals surface area contributed by atoms with Gasteiger partial charge < -0.3 is 20.5 Å². The van der Waals surface area contributed by atoms with Crippen molar-refractivity contribution in [2.45, 2.75) is 18.3 Å². The van der Waals surface area contributed by atoms with Gasteiger partial charge in [0.25, 0.3) is 0 Å². The molecule has 7 nitrogen and oxygen atoms in total. The van der Waals surface area contributed by atoms with Crippen LogP contribution >= 0.6 is 0 Å². The summed E-state index contributed by atoms with van der Waals surface area (Å²) < 4.78 is 15.8. The second-order valence-electron chi connectivity index (χ2n) is 4.83. The molecule has 0 radical (unpaired) electrons. The molecule has 20 heavy (non-hydrogen) atoms. The first-order valence-electron chi connectivity index (χ1n) is 6.11. The third kappa shape index (κ3) is 1.61. The molecule has 2 heterocycles. The Labute approximate surface area is 113 Å². The lowest BCUT2D eigenvalue weighted by molar-refractivity contribution is 0.0426. The molecule has 1 fully saturated rings. The Morgan fingerprint density at radius 1 is 1.40 bits per heavy atom. The number of nitrogens with two attached hydrogens (primary N) is 1. The molecule has 0 saturated heterocycles. The smallest absolute Gasteiger partial charge is 0.166 e. The maximum atomic E-state index is 14.3. The molecule has 1 saturated carbocycles. The van der Waals surface area contributed by atoms with Crippen LogP contribution in [0.25, 0.3) is 11.2 Å². The number of nitrogen functional groups attached to an aromatic ring is 1. The molecule has 2 aromatic heterocycles. The van der Waals surface area contributed by atoms with Gasteiger partial charge in [0.2, 0.25) is 0 Å². The second-order valence-corrected chi connectivity index (χ2v) is 4.83. The first-order valence-corrected chi connectivity index (χ1v) is 6.11. The van der Waals surface area contributed by atoms with Gasteiger partial charge in [-0.25, -0.2) is 19.3 Å². The molecule has 3 rings (SSSR count). The molecule has 1 aliphatic rings. The summed E-state index contributed by atoms with van der Waals surface area (Å²) in [5.74, 6) is -0.501. The third-order valence-electron chi connectivity index (χ3n) is 3.78. The minimum Gasteiger partial charge on any atom is -0.396 e. The third-order valence-corrected chi connectivity index (χ3v) is 3.78. The van der Waals surface area contributed by atoms with Crippen molar-refractivity contribution in [3.05, 3.63) is 24.8 Å². The number of rotatable bonds is 2. The number of imidazole rings is 1. The topological polar surface area (TPSA) is 110 Å². The normalized spacial score (nSPS) is 30.2. The SMILES string of the molecule is C=C1[C@@H](n2cnc3c(N)ncnc32)C(F)[C@H](O)[C@H]1CO. The van der Waals surface area contributed by atoms with Gasteiger partial charge in [-0.2, -0.15) is 0 Å². The van der Waals surface area contributed by atoms with Crippen LogP contribution in [-0.2, 0) is 0 Å². The highest BCUT2D eigenvalue weighted by Gasteiger charge is 2.47. The van der Waals surface area contributed by atoms with E-state index in [2.05, 4.69) is 21.5 Å². The van der Waals surface area contributed by atoms with Crippen LogP contribution in [0, 0.1) is 5.92 Å². The van der Waals surface area contributed by atoms with Gasteiger partial charge in [-0.15, -0.1) is 0 Å². The molecule has 4 N–H and O–H groups in total. The molecule has 0 aliphatic heterocycles. The van der Waals surface area contributed by atoms with Crippen molar-refractivity contribution in [1.82, 2.24) is 19.5 Å². The van der Waals surface area contributed by atoms with E-state index in [0.717, 1.165) is 0 Å². The van der Waals surface area contributed by atoms with Crippen molar-refractivity contribution < 1.29 is 14.6 Å². The van der Waals surface area contributed by atoms with E-state index < -0.39 is 24.2 Å². The van der Waals surface area contributed by atoms with E-state index in [-0.39, 0.29) is 12.4 Å². The first-order chi connectivity index (χ1) is 9.56. The zero-order chi connectivity index (χ0) is 14.4. The number of nitrogens with zero attached hydrogens (tertiary/aromatic N) is 4. The summed E-state index contributed by atoms with van der Waals surface area (Å²) in [7, 11) is 0. The summed E-state index contributed by atoms with van der Waals surface area (Å²) in [6.45, 7) is 3.43. The van der Waals surface area contributed by atoms with Crippen LogP contribution in [0.4, 0.5) is 10.2 Å². The van der Waals surface area contributed by atoms with Crippen LogP contribution in [0.2, 0.25) is 0 Å². The summed E-state index contributed by atoms with van der Waals surface area (Å²) in [5.41, 5.74) is 6.83. The maximum Gasteiger partial charge on any atom is 0.166 e. The fourth-order valence-electron chi connectivity index (χ4n) is 2.68. The predicted octanol–water partition coefficient (Wildman–Crippen LogP) is -0.173. The lowest BCUT2D eigenvalue weighted by atomic mass is 10.0. The Kier molecular flexibility index (Phi) is 2.91. The number of hydrogen-bond acceptors (Lipinski definition) is 6. The molecule has 2 aromatic rings. The Morgan fingerprint density at radius 3 is 2.80 bits per heavy atom. The van der Waals surface area contributed by atoms with Gasteiger partial charge in [0.1, 0.15) is 11.8 Å². The summed E-state index contributed by atoms with van der Waals surface area (Å²) in [6.07, 6.45) is -0.229.